The normalized spacial score (nSPS) is 26.1. The van der Waals surface area contributed by atoms with Crippen LogP contribution < -0.4 is 0 Å². The van der Waals surface area contributed by atoms with Crippen LogP contribution in [0.4, 0.5) is 0 Å². The summed E-state index contributed by atoms with van der Waals surface area (Å²) in [4.78, 5) is 2.14. The van der Waals surface area contributed by atoms with Gasteiger partial charge in [0.2, 0.25) is 0 Å². The number of hydrogen-bond acceptors (Lipinski definition) is 3. The van der Waals surface area contributed by atoms with Crippen LogP contribution in [-0.2, 0) is 4.74 Å². The maximum Gasteiger partial charge on any atom is 0.109 e. The maximum absolute atomic E-state index is 8.94. The van der Waals surface area contributed by atoms with Crippen LogP contribution in [0.1, 0.15) is 40.5 Å². The molecule has 0 bridgehead atoms. The summed E-state index contributed by atoms with van der Waals surface area (Å²) >= 11 is 0. The fourth-order valence-electron chi connectivity index (χ4n) is 1.94. The molecule has 3 heteroatoms. The lowest BCUT2D eigenvalue weighted by molar-refractivity contribution is -0.122. The van der Waals surface area contributed by atoms with Gasteiger partial charge in [0.25, 0.3) is 0 Å². The van der Waals surface area contributed by atoms with E-state index >= 15 is 0 Å². The lowest BCUT2D eigenvalue weighted by atomic mass is 10.2. The summed E-state index contributed by atoms with van der Waals surface area (Å²) in [6.45, 7) is 9.14. The molecule has 0 radical (unpaired) electrons. The summed E-state index contributed by atoms with van der Waals surface area (Å²) in [5, 5.41) is 8.94. The van der Waals surface area contributed by atoms with E-state index in [0.717, 1.165) is 19.4 Å². The number of likely N-dealkylation sites (tertiary alicyclic amines) is 1. The molecule has 80 valence electrons. The summed E-state index contributed by atoms with van der Waals surface area (Å²) in [6, 6.07) is 2.38. The van der Waals surface area contributed by atoms with E-state index < -0.39 is 0 Å². The molecule has 0 aromatic heterocycles. The first-order chi connectivity index (χ1) is 6.44. The standard InChI is InChI=1S/C11H20N2O/c1-9(14-11(2,3)4)13-7-5-6-10(13)8-12/h9-10H,5-7H2,1-4H3/t9?,10-/m0/s1. The van der Waals surface area contributed by atoms with Crippen LogP contribution in [0.15, 0.2) is 0 Å². The van der Waals surface area contributed by atoms with Crippen molar-refractivity contribution in [1.29, 1.82) is 5.26 Å². The summed E-state index contributed by atoms with van der Waals surface area (Å²) in [6.07, 6.45) is 2.13. The van der Waals surface area contributed by atoms with E-state index in [1.807, 2.05) is 27.7 Å². The van der Waals surface area contributed by atoms with E-state index in [-0.39, 0.29) is 17.9 Å². The maximum atomic E-state index is 8.94. The van der Waals surface area contributed by atoms with E-state index in [4.69, 9.17) is 10.00 Å². The molecule has 1 aliphatic rings. The summed E-state index contributed by atoms with van der Waals surface area (Å²) in [7, 11) is 0. The van der Waals surface area contributed by atoms with Crippen molar-refractivity contribution in [2.45, 2.75) is 58.4 Å². The monoisotopic (exact) mass is 196 g/mol. The van der Waals surface area contributed by atoms with Crippen LogP contribution in [0.2, 0.25) is 0 Å². The molecule has 1 heterocycles. The van der Waals surface area contributed by atoms with Gasteiger partial charge >= 0.3 is 0 Å². The average molecular weight is 196 g/mol. The van der Waals surface area contributed by atoms with Gasteiger partial charge in [-0.15, -0.1) is 0 Å². The van der Waals surface area contributed by atoms with Crippen molar-refractivity contribution in [1.82, 2.24) is 4.90 Å². The highest BCUT2D eigenvalue weighted by Crippen LogP contribution is 2.22. The predicted octanol–water partition coefficient (Wildman–Crippen LogP) is 2.14. The molecule has 0 amide bonds. The van der Waals surface area contributed by atoms with Crippen molar-refractivity contribution in [3.8, 4) is 6.07 Å². The Morgan fingerprint density at radius 3 is 2.64 bits per heavy atom. The molecule has 0 N–H and O–H groups in total. The molecule has 1 unspecified atom stereocenters. The number of nitriles is 1. The molecule has 3 nitrogen and oxygen atoms in total. The van der Waals surface area contributed by atoms with Crippen LogP contribution in [0.3, 0.4) is 0 Å². The third-order valence-corrected chi connectivity index (χ3v) is 2.43. The van der Waals surface area contributed by atoms with Crippen LogP contribution in [0, 0.1) is 11.3 Å². The Morgan fingerprint density at radius 1 is 1.50 bits per heavy atom. The number of ether oxygens (including phenoxy) is 1. The number of hydrogen-bond donors (Lipinski definition) is 0. The second kappa shape index (κ2) is 4.29. The molecule has 2 atom stereocenters. The van der Waals surface area contributed by atoms with Crippen molar-refractivity contribution < 1.29 is 4.74 Å². The van der Waals surface area contributed by atoms with Gasteiger partial charge in [-0.25, -0.2) is 0 Å². The summed E-state index contributed by atoms with van der Waals surface area (Å²) in [5.41, 5.74) is -0.137. The lowest BCUT2D eigenvalue weighted by Crippen LogP contribution is -2.42. The third kappa shape index (κ3) is 2.97. The topological polar surface area (TPSA) is 36.3 Å². The first kappa shape index (κ1) is 11.5. The zero-order valence-electron chi connectivity index (χ0n) is 9.58. The first-order valence-corrected chi connectivity index (χ1v) is 5.27. The average Bonchev–Trinajstić information content (AvgIpc) is 2.47. The van der Waals surface area contributed by atoms with Gasteiger partial charge in [0.15, 0.2) is 0 Å². The fraction of sp³-hybridized carbons (Fsp3) is 0.909. The van der Waals surface area contributed by atoms with Crippen molar-refractivity contribution in [3.05, 3.63) is 0 Å². The molecule has 0 spiro atoms. The predicted molar refractivity (Wildman–Crippen MR) is 55.6 cm³/mol. The van der Waals surface area contributed by atoms with Gasteiger partial charge in [0.1, 0.15) is 6.23 Å². The van der Waals surface area contributed by atoms with E-state index in [9.17, 15) is 0 Å². The second-order valence-corrected chi connectivity index (χ2v) is 4.85. The lowest BCUT2D eigenvalue weighted by Gasteiger charge is -2.32. The fourth-order valence-corrected chi connectivity index (χ4v) is 1.94. The van der Waals surface area contributed by atoms with E-state index in [1.165, 1.54) is 0 Å². The minimum atomic E-state index is -0.137. The molecule has 0 aromatic rings. The highest BCUT2D eigenvalue weighted by Gasteiger charge is 2.30. The summed E-state index contributed by atoms with van der Waals surface area (Å²) in [5.74, 6) is 0. The molecule has 0 saturated carbocycles. The highest BCUT2D eigenvalue weighted by molar-refractivity contribution is 4.96. The van der Waals surface area contributed by atoms with Gasteiger partial charge in [0.05, 0.1) is 17.7 Å². The van der Waals surface area contributed by atoms with Crippen LogP contribution >= 0.6 is 0 Å². The van der Waals surface area contributed by atoms with Crippen molar-refractivity contribution in [2.75, 3.05) is 6.54 Å². The van der Waals surface area contributed by atoms with E-state index in [1.54, 1.807) is 0 Å². The van der Waals surface area contributed by atoms with E-state index in [0.29, 0.717) is 0 Å². The molecule has 1 fully saturated rings. The molecule has 1 rings (SSSR count). The first-order valence-electron chi connectivity index (χ1n) is 5.27. The largest absolute Gasteiger partial charge is 0.358 e. The Hall–Kier alpha value is -0.590. The molecule has 1 saturated heterocycles. The zero-order chi connectivity index (χ0) is 10.8. The minimum absolute atomic E-state index is 0.0437. The Bertz CT molecular complexity index is 226. The molecule has 0 aromatic carbocycles. The van der Waals surface area contributed by atoms with Gasteiger partial charge in [-0.05, 0) is 40.5 Å². The minimum Gasteiger partial charge on any atom is -0.358 e. The van der Waals surface area contributed by atoms with Gasteiger partial charge < -0.3 is 4.74 Å². The number of nitrogens with zero attached hydrogens (tertiary/aromatic N) is 2. The third-order valence-electron chi connectivity index (χ3n) is 2.43. The van der Waals surface area contributed by atoms with Crippen molar-refractivity contribution in [2.24, 2.45) is 0 Å². The Morgan fingerprint density at radius 2 is 2.14 bits per heavy atom. The van der Waals surface area contributed by atoms with Crippen LogP contribution in [0.5, 0.6) is 0 Å². The van der Waals surface area contributed by atoms with Gasteiger partial charge in [-0.2, -0.15) is 5.26 Å². The second-order valence-electron chi connectivity index (χ2n) is 4.85. The van der Waals surface area contributed by atoms with Gasteiger partial charge in [-0.3, -0.25) is 4.90 Å². The molecule has 1 aliphatic heterocycles. The molecule has 0 aliphatic carbocycles. The molecule has 14 heavy (non-hydrogen) atoms. The van der Waals surface area contributed by atoms with Gasteiger partial charge in [-0.1, -0.05) is 0 Å². The highest BCUT2D eigenvalue weighted by atomic mass is 16.5. The molecular weight excluding hydrogens is 176 g/mol. The smallest absolute Gasteiger partial charge is 0.109 e. The summed E-state index contributed by atoms with van der Waals surface area (Å²) < 4.78 is 5.83. The number of rotatable bonds is 2. The van der Waals surface area contributed by atoms with Gasteiger partial charge in [0, 0.05) is 6.54 Å². The Kier molecular flexibility index (Phi) is 3.52. The van der Waals surface area contributed by atoms with Crippen molar-refractivity contribution >= 4 is 0 Å². The quantitative estimate of drug-likeness (QED) is 0.679. The zero-order valence-corrected chi connectivity index (χ0v) is 9.58. The van der Waals surface area contributed by atoms with Crippen molar-refractivity contribution in [3.63, 3.8) is 0 Å². The van der Waals surface area contributed by atoms with Crippen LogP contribution in [0.25, 0.3) is 0 Å². The van der Waals surface area contributed by atoms with Crippen LogP contribution in [-0.4, -0.2) is 29.3 Å². The van der Waals surface area contributed by atoms with E-state index in [2.05, 4.69) is 11.0 Å². The Labute approximate surface area is 86.6 Å². The SMILES string of the molecule is CC(OC(C)(C)C)N1CCC[C@H]1C#N. The Balaban J connectivity index is 2.52. The molecular formula is C11H20N2O.